The fraction of sp³-hybridized carbons (Fsp3) is 0.357. The molecule has 1 aromatic heterocycles. The molecule has 0 saturated heterocycles. The minimum Gasteiger partial charge on any atom is -0.342 e. The van der Waals surface area contributed by atoms with Gasteiger partial charge in [-0.05, 0) is 36.6 Å². The number of rotatable bonds is 2. The van der Waals surface area contributed by atoms with E-state index in [2.05, 4.69) is 55.9 Å². The van der Waals surface area contributed by atoms with Gasteiger partial charge in [0.05, 0.1) is 11.9 Å². The number of aromatic amines is 1. The average molecular weight is 214 g/mol. The van der Waals surface area contributed by atoms with Crippen LogP contribution in [0.2, 0.25) is 0 Å². The Kier molecular flexibility index (Phi) is 2.82. The lowest BCUT2D eigenvalue weighted by molar-refractivity contribution is 0.795. The van der Waals surface area contributed by atoms with Crippen LogP contribution in [0.3, 0.4) is 0 Å². The molecule has 2 rings (SSSR count). The molecule has 0 aliphatic carbocycles. The Morgan fingerprint density at radius 2 is 1.88 bits per heavy atom. The van der Waals surface area contributed by atoms with Crippen LogP contribution in [0.15, 0.2) is 24.4 Å². The van der Waals surface area contributed by atoms with E-state index < -0.39 is 0 Å². The summed E-state index contributed by atoms with van der Waals surface area (Å²) in [5, 5.41) is 0. The summed E-state index contributed by atoms with van der Waals surface area (Å²) < 4.78 is 0. The van der Waals surface area contributed by atoms with Crippen molar-refractivity contribution in [1.82, 2.24) is 9.97 Å². The molecule has 2 aromatic rings. The van der Waals surface area contributed by atoms with Crippen molar-refractivity contribution in [3.8, 4) is 11.3 Å². The highest BCUT2D eigenvalue weighted by Gasteiger charge is 2.06. The molecule has 2 heteroatoms. The van der Waals surface area contributed by atoms with Gasteiger partial charge >= 0.3 is 0 Å². The lowest BCUT2D eigenvalue weighted by Crippen LogP contribution is -1.89. The summed E-state index contributed by atoms with van der Waals surface area (Å²) in [6, 6.07) is 6.49. The Morgan fingerprint density at radius 1 is 1.12 bits per heavy atom. The third-order valence-electron chi connectivity index (χ3n) is 2.96. The van der Waals surface area contributed by atoms with Gasteiger partial charge in [0.15, 0.2) is 0 Å². The van der Waals surface area contributed by atoms with Gasteiger partial charge < -0.3 is 4.98 Å². The summed E-state index contributed by atoms with van der Waals surface area (Å²) in [5.74, 6) is 1.49. The molecule has 0 spiro atoms. The van der Waals surface area contributed by atoms with Crippen molar-refractivity contribution < 1.29 is 0 Å². The molecular weight excluding hydrogens is 196 g/mol. The second-order valence-corrected chi connectivity index (χ2v) is 4.64. The Morgan fingerprint density at radius 3 is 2.44 bits per heavy atom. The van der Waals surface area contributed by atoms with Crippen LogP contribution >= 0.6 is 0 Å². The number of benzene rings is 1. The van der Waals surface area contributed by atoms with E-state index in [0.29, 0.717) is 5.92 Å². The maximum Gasteiger partial charge on any atom is 0.109 e. The van der Waals surface area contributed by atoms with Crippen molar-refractivity contribution in [3.63, 3.8) is 0 Å². The van der Waals surface area contributed by atoms with Gasteiger partial charge in [0.1, 0.15) is 5.82 Å². The van der Waals surface area contributed by atoms with Gasteiger partial charge in [0.2, 0.25) is 0 Å². The predicted octanol–water partition coefficient (Wildman–Crippen LogP) is 3.82. The molecule has 0 atom stereocenters. The Balaban J connectivity index is 2.39. The van der Waals surface area contributed by atoms with E-state index in [1.165, 1.54) is 16.7 Å². The summed E-state index contributed by atoms with van der Waals surface area (Å²) in [7, 11) is 0. The van der Waals surface area contributed by atoms with Crippen molar-refractivity contribution in [2.24, 2.45) is 0 Å². The van der Waals surface area contributed by atoms with Crippen molar-refractivity contribution in [1.29, 1.82) is 0 Å². The number of hydrogen-bond acceptors (Lipinski definition) is 1. The van der Waals surface area contributed by atoms with E-state index in [1.54, 1.807) is 0 Å². The summed E-state index contributed by atoms with van der Waals surface area (Å²) in [5.41, 5.74) is 4.96. The standard InChI is InChI=1S/C14H18N2/c1-9(2)14-15-8-13(16-14)12-6-5-10(3)11(4)7-12/h5-9H,1-4H3,(H,15,16). The molecule has 1 N–H and O–H groups in total. The number of H-pyrrole nitrogens is 1. The SMILES string of the molecule is Cc1ccc(-c2cnc(C(C)C)[nH]2)cc1C. The maximum absolute atomic E-state index is 4.39. The van der Waals surface area contributed by atoms with Gasteiger partial charge in [-0.15, -0.1) is 0 Å². The van der Waals surface area contributed by atoms with Crippen LogP contribution in [0.5, 0.6) is 0 Å². The van der Waals surface area contributed by atoms with E-state index in [9.17, 15) is 0 Å². The quantitative estimate of drug-likeness (QED) is 0.809. The van der Waals surface area contributed by atoms with Crippen LogP contribution in [-0.4, -0.2) is 9.97 Å². The van der Waals surface area contributed by atoms with Crippen LogP contribution in [0.1, 0.15) is 36.7 Å². The van der Waals surface area contributed by atoms with Crippen LogP contribution in [0.4, 0.5) is 0 Å². The molecule has 0 amide bonds. The van der Waals surface area contributed by atoms with Gasteiger partial charge in [-0.1, -0.05) is 26.0 Å². The lowest BCUT2D eigenvalue weighted by Gasteiger charge is -2.03. The molecule has 0 radical (unpaired) electrons. The Bertz CT molecular complexity index is 495. The summed E-state index contributed by atoms with van der Waals surface area (Å²) in [6.45, 7) is 8.55. The maximum atomic E-state index is 4.39. The largest absolute Gasteiger partial charge is 0.342 e. The highest BCUT2D eigenvalue weighted by molar-refractivity contribution is 5.60. The Hall–Kier alpha value is -1.57. The van der Waals surface area contributed by atoms with Crippen LogP contribution in [0.25, 0.3) is 11.3 Å². The fourth-order valence-corrected chi connectivity index (χ4v) is 1.69. The fourth-order valence-electron chi connectivity index (χ4n) is 1.69. The van der Waals surface area contributed by atoms with E-state index in [-0.39, 0.29) is 0 Å². The lowest BCUT2D eigenvalue weighted by atomic mass is 10.0. The minimum atomic E-state index is 0.445. The first-order chi connectivity index (χ1) is 7.58. The van der Waals surface area contributed by atoms with Crippen LogP contribution in [-0.2, 0) is 0 Å². The average Bonchev–Trinajstić information content (AvgIpc) is 2.71. The first kappa shape index (κ1) is 10.9. The van der Waals surface area contributed by atoms with Gasteiger partial charge in [-0.2, -0.15) is 0 Å². The van der Waals surface area contributed by atoms with Crippen LogP contribution in [0, 0.1) is 13.8 Å². The van der Waals surface area contributed by atoms with Crippen LogP contribution < -0.4 is 0 Å². The zero-order valence-electron chi connectivity index (χ0n) is 10.3. The van der Waals surface area contributed by atoms with Crippen molar-refractivity contribution in [2.75, 3.05) is 0 Å². The number of aromatic nitrogens is 2. The second-order valence-electron chi connectivity index (χ2n) is 4.64. The monoisotopic (exact) mass is 214 g/mol. The van der Waals surface area contributed by atoms with Gasteiger partial charge in [-0.3, -0.25) is 0 Å². The molecule has 0 aliphatic heterocycles. The number of imidazole rings is 1. The number of aryl methyl sites for hydroxylation is 2. The smallest absolute Gasteiger partial charge is 0.109 e. The van der Waals surface area contributed by atoms with Gasteiger partial charge in [0, 0.05) is 5.92 Å². The van der Waals surface area contributed by atoms with E-state index >= 15 is 0 Å². The first-order valence-corrected chi connectivity index (χ1v) is 5.70. The number of nitrogens with one attached hydrogen (secondary N) is 1. The third kappa shape index (κ3) is 2.01. The summed E-state index contributed by atoms with van der Waals surface area (Å²) in [4.78, 5) is 7.75. The number of nitrogens with zero attached hydrogens (tertiary/aromatic N) is 1. The Labute approximate surface area is 96.7 Å². The molecule has 84 valence electrons. The zero-order valence-corrected chi connectivity index (χ0v) is 10.3. The second kappa shape index (κ2) is 4.12. The molecule has 0 fully saturated rings. The molecule has 16 heavy (non-hydrogen) atoms. The van der Waals surface area contributed by atoms with Crippen molar-refractivity contribution >= 4 is 0 Å². The molecule has 0 aliphatic rings. The van der Waals surface area contributed by atoms with E-state index in [4.69, 9.17) is 0 Å². The predicted molar refractivity (Wildman–Crippen MR) is 67.6 cm³/mol. The molecule has 0 unspecified atom stereocenters. The zero-order chi connectivity index (χ0) is 11.7. The topological polar surface area (TPSA) is 28.7 Å². The molecule has 2 nitrogen and oxygen atoms in total. The third-order valence-corrected chi connectivity index (χ3v) is 2.96. The molecule has 0 saturated carbocycles. The molecule has 0 bridgehead atoms. The van der Waals surface area contributed by atoms with Gasteiger partial charge in [-0.25, -0.2) is 4.98 Å². The highest BCUT2D eigenvalue weighted by atomic mass is 14.9. The summed E-state index contributed by atoms with van der Waals surface area (Å²) in [6.07, 6.45) is 1.92. The van der Waals surface area contributed by atoms with E-state index in [0.717, 1.165) is 11.5 Å². The molecule has 1 aromatic carbocycles. The number of hydrogen-bond donors (Lipinski definition) is 1. The van der Waals surface area contributed by atoms with Crippen molar-refractivity contribution in [2.45, 2.75) is 33.6 Å². The van der Waals surface area contributed by atoms with Crippen molar-refractivity contribution in [3.05, 3.63) is 41.3 Å². The summed E-state index contributed by atoms with van der Waals surface area (Å²) >= 11 is 0. The molecular formula is C14H18N2. The van der Waals surface area contributed by atoms with E-state index in [1.807, 2.05) is 6.20 Å². The molecule has 1 heterocycles. The highest BCUT2D eigenvalue weighted by Crippen LogP contribution is 2.22. The first-order valence-electron chi connectivity index (χ1n) is 5.70. The minimum absolute atomic E-state index is 0.445. The van der Waals surface area contributed by atoms with Gasteiger partial charge in [0.25, 0.3) is 0 Å². The normalized spacial score (nSPS) is 11.1.